The zero-order valence-electron chi connectivity index (χ0n) is 16.5. The van der Waals surface area contributed by atoms with Gasteiger partial charge >= 0.3 is 0 Å². The second kappa shape index (κ2) is 8.39. The smallest absolute Gasteiger partial charge is 0.150 e. The van der Waals surface area contributed by atoms with Crippen LogP contribution in [0.5, 0.6) is 5.75 Å². The number of methoxy groups -OCH3 is 1. The molecule has 3 heterocycles. The second-order valence-corrected chi connectivity index (χ2v) is 7.08. The van der Waals surface area contributed by atoms with Gasteiger partial charge in [0, 0.05) is 63.1 Å². The van der Waals surface area contributed by atoms with Gasteiger partial charge in [0.15, 0.2) is 0 Å². The molecule has 2 aromatic heterocycles. The minimum absolute atomic E-state index is 0.712. The maximum absolute atomic E-state index is 5.54. The molecule has 0 unspecified atom stereocenters. The molecule has 7 nitrogen and oxygen atoms in total. The van der Waals surface area contributed by atoms with E-state index in [4.69, 9.17) is 4.74 Å². The lowest BCUT2D eigenvalue weighted by Gasteiger charge is -2.35. The highest BCUT2D eigenvalue weighted by Crippen LogP contribution is 2.23. The Labute approximate surface area is 165 Å². The first kappa shape index (κ1) is 18.4. The molecule has 0 spiro atoms. The molecule has 1 saturated heterocycles. The van der Waals surface area contributed by atoms with E-state index < -0.39 is 0 Å². The number of aryl methyl sites for hydroxylation is 1. The molecule has 28 heavy (non-hydrogen) atoms. The van der Waals surface area contributed by atoms with Gasteiger partial charge in [-0.1, -0.05) is 6.07 Å². The van der Waals surface area contributed by atoms with Crippen molar-refractivity contribution in [2.24, 2.45) is 0 Å². The summed E-state index contributed by atoms with van der Waals surface area (Å²) in [6.07, 6.45) is 7.29. The van der Waals surface area contributed by atoms with Crippen LogP contribution in [0.2, 0.25) is 0 Å². The lowest BCUT2D eigenvalue weighted by molar-refractivity contribution is 0.249. The predicted molar refractivity (Wildman–Crippen MR) is 109 cm³/mol. The van der Waals surface area contributed by atoms with Gasteiger partial charge in [0.05, 0.1) is 19.3 Å². The summed E-state index contributed by atoms with van der Waals surface area (Å²) >= 11 is 0. The van der Waals surface area contributed by atoms with Crippen LogP contribution in [0, 0.1) is 6.92 Å². The molecule has 3 aromatic rings. The van der Waals surface area contributed by atoms with Crippen LogP contribution < -0.4 is 9.64 Å². The standard InChI is InChI=1S/C21H26N6O/c1-17-21(23-8-7-22-17)26-12-10-25(11-13-26)15-18-4-5-20(28-2)19(14-18)16-27-9-3-6-24-27/h3-9,14H,10-13,15-16H2,1-2H3. The Kier molecular flexibility index (Phi) is 5.53. The van der Waals surface area contributed by atoms with E-state index in [2.05, 4.69) is 43.1 Å². The zero-order chi connectivity index (χ0) is 19.3. The van der Waals surface area contributed by atoms with Crippen LogP contribution in [-0.4, -0.2) is 57.9 Å². The van der Waals surface area contributed by atoms with E-state index in [-0.39, 0.29) is 0 Å². The van der Waals surface area contributed by atoms with E-state index in [0.29, 0.717) is 6.54 Å². The SMILES string of the molecule is COc1ccc(CN2CCN(c3nccnc3C)CC2)cc1Cn1cccn1. The highest BCUT2D eigenvalue weighted by molar-refractivity contribution is 5.43. The number of anilines is 1. The van der Waals surface area contributed by atoms with Gasteiger partial charge in [0.1, 0.15) is 11.6 Å². The second-order valence-electron chi connectivity index (χ2n) is 7.08. The summed E-state index contributed by atoms with van der Waals surface area (Å²) in [6.45, 7) is 7.62. The quantitative estimate of drug-likeness (QED) is 0.656. The van der Waals surface area contributed by atoms with Crippen molar-refractivity contribution < 1.29 is 4.74 Å². The number of ether oxygens (including phenoxy) is 1. The summed E-state index contributed by atoms with van der Waals surface area (Å²) in [6, 6.07) is 8.40. The molecule has 1 aliphatic heterocycles. The molecule has 0 radical (unpaired) electrons. The Morgan fingerprint density at radius 3 is 2.54 bits per heavy atom. The van der Waals surface area contributed by atoms with Crippen LogP contribution in [0.15, 0.2) is 49.1 Å². The third-order valence-corrected chi connectivity index (χ3v) is 5.17. The van der Waals surface area contributed by atoms with Gasteiger partial charge in [-0.3, -0.25) is 14.6 Å². The highest BCUT2D eigenvalue weighted by Gasteiger charge is 2.20. The Balaban J connectivity index is 1.40. The molecule has 1 aliphatic rings. The Hall–Kier alpha value is -2.93. The molecule has 0 bridgehead atoms. The molecule has 0 amide bonds. The zero-order valence-corrected chi connectivity index (χ0v) is 16.5. The van der Waals surface area contributed by atoms with Crippen molar-refractivity contribution >= 4 is 5.82 Å². The first-order chi connectivity index (χ1) is 13.7. The van der Waals surface area contributed by atoms with Crippen molar-refractivity contribution in [3.8, 4) is 5.75 Å². The Morgan fingerprint density at radius 1 is 1.00 bits per heavy atom. The van der Waals surface area contributed by atoms with Gasteiger partial charge in [-0.2, -0.15) is 5.10 Å². The first-order valence-corrected chi connectivity index (χ1v) is 9.61. The lowest BCUT2D eigenvalue weighted by Crippen LogP contribution is -2.46. The van der Waals surface area contributed by atoms with Crippen molar-refractivity contribution in [1.29, 1.82) is 0 Å². The average Bonchev–Trinajstić information content (AvgIpc) is 3.23. The Bertz CT molecular complexity index is 903. The summed E-state index contributed by atoms with van der Waals surface area (Å²) < 4.78 is 7.46. The summed E-state index contributed by atoms with van der Waals surface area (Å²) in [5, 5.41) is 4.31. The molecule has 146 valence electrons. The minimum atomic E-state index is 0.712. The van der Waals surface area contributed by atoms with E-state index in [1.165, 1.54) is 5.56 Å². The van der Waals surface area contributed by atoms with E-state index in [0.717, 1.165) is 55.5 Å². The topological polar surface area (TPSA) is 59.3 Å². The molecule has 0 aliphatic carbocycles. The fourth-order valence-electron chi connectivity index (χ4n) is 3.71. The van der Waals surface area contributed by atoms with Crippen LogP contribution in [-0.2, 0) is 13.1 Å². The fraction of sp³-hybridized carbons (Fsp3) is 0.381. The summed E-state index contributed by atoms with van der Waals surface area (Å²) in [5.74, 6) is 1.91. The van der Waals surface area contributed by atoms with Crippen molar-refractivity contribution in [2.45, 2.75) is 20.0 Å². The number of aromatic nitrogens is 4. The number of hydrogen-bond acceptors (Lipinski definition) is 6. The van der Waals surface area contributed by atoms with Gasteiger partial charge in [0.25, 0.3) is 0 Å². The lowest BCUT2D eigenvalue weighted by atomic mass is 10.1. The molecule has 4 rings (SSSR count). The molecule has 1 aromatic carbocycles. The van der Waals surface area contributed by atoms with Crippen LogP contribution >= 0.6 is 0 Å². The predicted octanol–water partition coefficient (Wildman–Crippen LogP) is 2.36. The maximum atomic E-state index is 5.54. The summed E-state index contributed by atoms with van der Waals surface area (Å²) in [5.41, 5.74) is 3.44. The van der Waals surface area contributed by atoms with Crippen LogP contribution in [0.4, 0.5) is 5.82 Å². The number of hydrogen-bond donors (Lipinski definition) is 0. The first-order valence-electron chi connectivity index (χ1n) is 9.61. The third-order valence-electron chi connectivity index (χ3n) is 5.17. The van der Waals surface area contributed by atoms with E-state index in [1.807, 2.05) is 23.9 Å². The largest absolute Gasteiger partial charge is 0.496 e. The van der Waals surface area contributed by atoms with E-state index in [9.17, 15) is 0 Å². The van der Waals surface area contributed by atoms with Crippen LogP contribution in [0.1, 0.15) is 16.8 Å². The summed E-state index contributed by atoms with van der Waals surface area (Å²) in [4.78, 5) is 13.7. The molecule has 7 heteroatoms. The van der Waals surface area contributed by atoms with Crippen LogP contribution in [0.25, 0.3) is 0 Å². The van der Waals surface area contributed by atoms with E-state index >= 15 is 0 Å². The average molecular weight is 378 g/mol. The van der Waals surface area contributed by atoms with Gasteiger partial charge in [-0.25, -0.2) is 4.98 Å². The monoisotopic (exact) mass is 378 g/mol. The third kappa shape index (κ3) is 4.14. The number of rotatable bonds is 6. The Morgan fingerprint density at radius 2 is 1.82 bits per heavy atom. The molecular weight excluding hydrogens is 352 g/mol. The van der Waals surface area contributed by atoms with Gasteiger partial charge < -0.3 is 9.64 Å². The van der Waals surface area contributed by atoms with Gasteiger partial charge in [-0.05, 0) is 30.7 Å². The normalized spacial score (nSPS) is 15.0. The van der Waals surface area contributed by atoms with Crippen molar-refractivity contribution in [1.82, 2.24) is 24.6 Å². The minimum Gasteiger partial charge on any atom is -0.496 e. The maximum Gasteiger partial charge on any atom is 0.150 e. The van der Waals surface area contributed by atoms with Gasteiger partial charge in [0.2, 0.25) is 0 Å². The van der Waals surface area contributed by atoms with Crippen molar-refractivity contribution in [3.63, 3.8) is 0 Å². The molecule has 1 fully saturated rings. The fourth-order valence-corrected chi connectivity index (χ4v) is 3.71. The molecule has 0 saturated carbocycles. The van der Waals surface area contributed by atoms with Crippen LogP contribution in [0.3, 0.4) is 0 Å². The van der Waals surface area contributed by atoms with Gasteiger partial charge in [-0.15, -0.1) is 0 Å². The summed E-state index contributed by atoms with van der Waals surface area (Å²) in [7, 11) is 1.72. The molecular formula is C21H26N6O. The molecule has 0 N–H and O–H groups in total. The van der Waals surface area contributed by atoms with E-state index in [1.54, 1.807) is 25.7 Å². The van der Waals surface area contributed by atoms with Crippen molar-refractivity contribution in [3.05, 3.63) is 65.9 Å². The number of benzene rings is 1. The van der Waals surface area contributed by atoms with Crippen molar-refractivity contribution in [2.75, 3.05) is 38.2 Å². The number of piperazine rings is 1. The number of nitrogens with zero attached hydrogens (tertiary/aromatic N) is 6. The highest BCUT2D eigenvalue weighted by atomic mass is 16.5. The molecule has 0 atom stereocenters.